The van der Waals surface area contributed by atoms with Crippen LogP contribution in [-0.2, 0) is 9.53 Å². The van der Waals surface area contributed by atoms with Gasteiger partial charge in [-0.25, -0.2) is 0 Å². The summed E-state index contributed by atoms with van der Waals surface area (Å²) in [4.78, 5) is 13.5. The number of aliphatic hydroxyl groups is 1. The summed E-state index contributed by atoms with van der Waals surface area (Å²) in [6, 6.07) is 0. The third kappa shape index (κ3) is 4.18. The van der Waals surface area contributed by atoms with Crippen molar-refractivity contribution in [1.82, 2.24) is 4.90 Å². The molecule has 1 aliphatic heterocycles. The van der Waals surface area contributed by atoms with Gasteiger partial charge in [0.05, 0.1) is 6.61 Å². The highest BCUT2D eigenvalue weighted by Gasteiger charge is 2.20. The topological polar surface area (TPSA) is 49.8 Å². The van der Waals surface area contributed by atoms with Crippen LogP contribution < -0.4 is 0 Å². The number of carbonyl (C=O) groups is 1. The highest BCUT2D eigenvalue weighted by atomic mass is 16.5. The number of hydrogen-bond donors (Lipinski definition) is 1. The lowest BCUT2D eigenvalue weighted by Gasteiger charge is -2.25. The number of hydrogen-bond acceptors (Lipinski definition) is 3. The largest absolute Gasteiger partial charge is 0.395 e. The Balaban J connectivity index is 2.31. The fourth-order valence-electron chi connectivity index (χ4n) is 1.91. The standard InChI is InChI=1S/C11H21NO3/c1-2-12(5-6-13)11(14)9-10-3-7-15-8-4-10/h10,13H,2-9H2,1H3. The minimum atomic E-state index is 0.0490. The normalized spacial score (nSPS) is 17.7. The fourth-order valence-corrected chi connectivity index (χ4v) is 1.91. The number of likely N-dealkylation sites (N-methyl/N-ethyl adjacent to an activating group) is 1. The van der Waals surface area contributed by atoms with Crippen LogP contribution in [0.3, 0.4) is 0 Å². The molecule has 0 saturated carbocycles. The first-order chi connectivity index (χ1) is 7.27. The van der Waals surface area contributed by atoms with Gasteiger partial charge in [-0.3, -0.25) is 4.79 Å². The van der Waals surface area contributed by atoms with Crippen molar-refractivity contribution in [2.75, 3.05) is 32.9 Å². The zero-order valence-electron chi connectivity index (χ0n) is 9.45. The Bertz CT molecular complexity index is 190. The lowest BCUT2D eigenvalue weighted by atomic mass is 9.96. The summed E-state index contributed by atoms with van der Waals surface area (Å²) in [6.45, 7) is 4.69. The van der Waals surface area contributed by atoms with Crippen molar-refractivity contribution in [3.63, 3.8) is 0 Å². The summed E-state index contributed by atoms with van der Waals surface area (Å²) in [7, 11) is 0. The van der Waals surface area contributed by atoms with Crippen LogP contribution in [-0.4, -0.2) is 48.8 Å². The van der Waals surface area contributed by atoms with E-state index in [2.05, 4.69) is 0 Å². The summed E-state index contributed by atoms with van der Waals surface area (Å²) >= 11 is 0. The number of nitrogens with zero attached hydrogens (tertiary/aromatic N) is 1. The van der Waals surface area contributed by atoms with Gasteiger partial charge in [-0.1, -0.05) is 0 Å². The predicted molar refractivity (Wildman–Crippen MR) is 57.5 cm³/mol. The van der Waals surface area contributed by atoms with E-state index in [1.807, 2.05) is 6.92 Å². The molecular weight excluding hydrogens is 194 g/mol. The smallest absolute Gasteiger partial charge is 0.222 e. The number of aliphatic hydroxyl groups excluding tert-OH is 1. The van der Waals surface area contributed by atoms with Crippen LogP contribution >= 0.6 is 0 Å². The molecule has 0 aromatic rings. The molecule has 1 rings (SSSR count). The van der Waals surface area contributed by atoms with Crippen LogP contribution in [0, 0.1) is 5.92 Å². The second-order valence-electron chi connectivity index (χ2n) is 3.96. The van der Waals surface area contributed by atoms with E-state index in [0.717, 1.165) is 26.1 Å². The maximum absolute atomic E-state index is 11.8. The quantitative estimate of drug-likeness (QED) is 0.732. The molecule has 15 heavy (non-hydrogen) atoms. The summed E-state index contributed by atoms with van der Waals surface area (Å²) in [6.07, 6.45) is 2.59. The van der Waals surface area contributed by atoms with E-state index in [1.165, 1.54) is 0 Å². The van der Waals surface area contributed by atoms with Crippen molar-refractivity contribution in [1.29, 1.82) is 0 Å². The monoisotopic (exact) mass is 215 g/mol. The Morgan fingerprint density at radius 2 is 2.13 bits per heavy atom. The minimum Gasteiger partial charge on any atom is -0.395 e. The Labute approximate surface area is 91.2 Å². The number of carbonyl (C=O) groups excluding carboxylic acids is 1. The van der Waals surface area contributed by atoms with Crippen LogP contribution in [0.25, 0.3) is 0 Å². The molecular formula is C11H21NO3. The average Bonchev–Trinajstić information content (AvgIpc) is 2.27. The zero-order chi connectivity index (χ0) is 11.1. The molecule has 1 amide bonds. The highest BCUT2D eigenvalue weighted by Crippen LogP contribution is 2.19. The van der Waals surface area contributed by atoms with Gasteiger partial charge in [-0.2, -0.15) is 0 Å². The van der Waals surface area contributed by atoms with Gasteiger partial charge in [-0.05, 0) is 25.7 Å². The highest BCUT2D eigenvalue weighted by molar-refractivity contribution is 5.76. The van der Waals surface area contributed by atoms with E-state index in [-0.39, 0.29) is 12.5 Å². The molecule has 1 aliphatic rings. The SMILES string of the molecule is CCN(CCO)C(=O)CC1CCOCC1. The average molecular weight is 215 g/mol. The third-order valence-electron chi connectivity index (χ3n) is 2.91. The maximum atomic E-state index is 11.8. The molecule has 4 heteroatoms. The van der Waals surface area contributed by atoms with E-state index in [1.54, 1.807) is 4.90 Å². The first-order valence-electron chi connectivity index (χ1n) is 5.74. The van der Waals surface area contributed by atoms with Gasteiger partial charge in [0, 0.05) is 32.7 Å². The minimum absolute atomic E-state index is 0.0490. The van der Waals surface area contributed by atoms with Crippen LogP contribution in [0.15, 0.2) is 0 Å². The van der Waals surface area contributed by atoms with Gasteiger partial charge >= 0.3 is 0 Å². The van der Waals surface area contributed by atoms with E-state index < -0.39 is 0 Å². The van der Waals surface area contributed by atoms with E-state index in [9.17, 15) is 4.79 Å². The Morgan fingerprint density at radius 3 is 2.67 bits per heavy atom. The van der Waals surface area contributed by atoms with Gasteiger partial charge in [0.1, 0.15) is 0 Å². The van der Waals surface area contributed by atoms with Gasteiger partial charge in [0.15, 0.2) is 0 Å². The summed E-state index contributed by atoms with van der Waals surface area (Å²) in [5.74, 6) is 0.637. The molecule has 88 valence electrons. The van der Waals surface area contributed by atoms with Crippen LogP contribution in [0.2, 0.25) is 0 Å². The van der Waals surface area contributed by atoms with Gasteiger partial charge in [-0.15, -0.1) is 0 Å². The second-order valence-corrected chi connectivity index (χ2v) is 3.96. The first kappa shape index (κ1) is 12.5. The molecule has 0 unspecified atom stereocenters. The fraction of sp³-hybridized carbons (Fsp3) is 0.909. The number of ether oxygens (including phenoxy) is 1. The Morgan fingerprint density at radius 1 is 1.47 bits per heavy atom. The van der Waals surface area contributed by atoms with Crippen LogP contribution in [0.1, 0.15) is 26.2 Å². The molecule has 1 saturated heterocycles. The predicted octanol–water partition coefficient (Wildman–Crippen LogP) is 0.644. The lowest BCUT2D eigenvalue weighted by molar-refractivity contribution is -0.133. The molecule has 0 aliphatic carbocycles. The van der Waals surface area contributed by atoms with Crippen molar-refractivity contribution < 1.29 is 14.6 Å². The van der Waals surface area contributed by atoms with E-state index >= 15 is 0 Å². The molecule has 0 aromatic heterocycles. The Kier molecular flexibility index (Phi) is 5.65. The van der Waals surface area contributed by atoms with Gasteiger partial charge < -0.3 is 14.7 Å². The number of rotatable bonds is 5. The maximum Gasteiger partial charge on any atom is 0.222 e. The molecule has 1 N–H and O–H groups in total. The van der Waals surface area contributed by atoms with Crippen molar-refractivity contribution in [3.05, 3.63) is 0 Å². The molecule has 4 nitrogen and oxygen atoms in total. The Hall–Kier alpha value is -0.610. The summed E-state index contributed by atoms with van der Waals surface area (Å²) in [5.41, 5.74) is 0. The van der Waals surface area contributed by atoms with Crippen molar-refractivity contribution in [2.24, 2.45) is 5.92 Å². The van der Waals surface area contributed by atoms with E-state index in [0.29, 0.717) is 25.4 Å². The molecule has 0 atom stereocenters. The van der Waals surface area contributed by atoms with Gasteiger partial charge in [0.25, 0.3) is 0 Å². The second kappa shape index (κ2) is 6.80. The van der Waals surface area contributed by atoms with Crippen LogP contribution in [0.4, 0.5) is 0 Å². The number of amides is 1. The van der Waals surface area contributed by atoms with Crippen molar-refractivity contribution in [3.8, 4) is 0 Å². The molecule has 0 bridgehead atoms. The lowest BCUT2D eigenvalue weighted by Crippen LogP contribution is -2.35. The summed E-state index contributed by atoms with van der Waals surface area (Å²) < 4.78 is 5.25. The third-order valence-corrected chi connectivity index (χ3v) is 2.91. The van der Waals surface area contributed by atoms with Crippen LogP contribution in [0.5, 0.6) is 0 Å². The van der Waals surface area contributed by atoms with Crippen molar-refractivity contribution in [2.45, 2.75) is 26.2 Å². The molecule has 1 fully saturated rings. The summed E-state index contributed by atoms with van der Waals surface area (Å²) in [5, 5.41) is 8.81. The molecule has 0 aromatic carbocycles. The molecule has 0 spiro atoms. The van der Waals surface area contributed by atoms with Gasteiger partial charge in [0.2, 0.25) is 5.91 Å². The van der Waals surface area contributed by atoms with Crippen molar-refractivity contribution >= 4 is 5.91 Å². The molecule has 0 radical (unpaired) electrons. The van der Waals surface area contributed by atoms with E-state index in [4.69, 9.17) is 9.84 Å². The molecule has 1 heterocycles. The zero-order valence-corrected chi connectivity index (χ0v) is 9.45. The first-order valence-corrected chi connectivity index (χ1v) is 5.74.